The molecule has 1 aromatic carbocycles. The third-order valence-electron chi connectivity index (χ3n) is 5.53. The standard InChI is InChI=1S/C24H44N.BrH/c1-4-5-6-7-8-9-10-11-12-13-14-15-16-20-23-25(2,3)24-21-18-17-19-22-24;/h17-19,21-22H,4-16,20,23H2,1-3H3;1H/q+1;/p-1. The lowest BCUT2D eigenvalue weighted by Crippen LogP contribution is -3.00. The van der Waals surface area contributed by atoms with Gasteiger partial charge in [-0.2, -0.15) is 0 Å². The quantitative estimate of drug-likeness (QED) is 0.265. The first-order valence-electron chi connectivity index (χ1n) is 11.1. The highest BCUT2D eigenvalue weighted by atomic mass is 79.9. The van der Waals surface area contributed by atoms with Gasteiger partial charge in [0.25, 0.3) is 0 Å². The molecule has 1 rings (SSSR count). The Kier molecular flexibility index (Phi) is 16.6. The average molecular weight is 427 g/mol. The maximum Gasteiger partial charge on any atom is 0.132 e. The maximum absolute atomic E-state index is 2.33. The van der Waals surface area contributed by atoms with Crippen molar-refractivity contribution in [1.29, 1.82) is 0 Å². The van der Waals surface area contributed by atoms with E-state index in [-0.39, 0.29) is 17.0 Å². The van der Waals surface area contributed by atoms with Gasteiger partial charge >= 0.3 is 0 Å². The Balaban J connectivity index is 0.00000625. The van der Waals surface area contributed by atoms with E-state index in [0.29, 0.717) is 0 Å². The second-order valence-electron chi connectivity index (χ2n) is 8.34. The number of nitrogens with zero attached hydrogens (tertiary/aromatic N) is 1. The van der Waals surface area contributed by atoms with Gasteiger partial charge in [-0.3, -0.25) is 4.48 Å². The minimum Gasteiger partial charge on any atom is -1.00 e. The van der Waals surface area contributed by atoms with E-state index in [0.717, 1.165) is 4.48 Å². The van der Waals surface area contributed by atoms with Gasteiger partial charge < -0.3 is 17.0 Å². The van der Waals surface area contributed by atoms with Gasteiger partial charge in [0, 0.05) is 0 Å². The lowest BCUT2D eigenvalue weighted by atomic mass is 10.0. The molecule has 1 nitrogen and oxygen atoms in total. The Hall–Kier alpha value is -0.340. The van der Waals surface area contributed by atoms with Crippen LogP contribution in [0.5, 0.6) is 0 Å². The second-order valence-corrected chi connectivity index (χ2v) is 8.34. The van der Waals surface area contributed by atoms with Crippen molar-refractivity contribution in [2.24, 2.45) is 0 Å². The number of hydrogen-bond donors (Lipinski definition) is 0. The molecule has 0 bridgehead atoms. The van der Waals surface area contributed by atoms with Crippen LogP contribution in [-0.2, 0) is 0 Å². The number of hydrogen-bond acceptors (Lipinski definition) is 0. The third kappa shape index (κ3) is 12.9. The Labute approximate surface area is 174 Å². The zero-order chi connectivity index (χ0) is 18.2. The van der Waals surface area contributed by atoms with Gasteiger partial charge in [0.15, 0.2) is 0 Å². The van der Waals surface area contributed by atoms with Gasteiger partial charge in [-0.25, -0.2) is 0 Å². The van der Waals surface area contributed by atoms with Crippen LogP contribution in [0.2, 0.25) is 0 Å². The molecule has 0 aliphatic heterocycles. The van der Waals surface area contributed by atoms with E-state index in [1.54, 1.807) is 0 Å². The zero-order valence-corrected chi connectivity index (χ0v) is 19.4. The van der Waals surface area contributed by atoms with Crippen LogP contribution in [0.25, 0.3) is 0 Å². The third-order valence-corrected chi connectivity index (χ3v) is 5.53. The average Bonchev–Trinajstić information content (AvgIpc) is 2.63. The van der Waals surface area contributed by atoms with Crippen molar-refractivity contribution < 1.29 is 17.0 Å². The van der Waals surface area contributed by atoms with Crippen LogP contribution in [0.1, 0.15) is 96.8 Å². The highest BCUT2D eigenvalue weighted by molar-refractivity contribution is 5.40. The molecule has 0 atom stereocenters. The van der Waals surface area contributed by atoms with Gasteiger partial charge in [0.2, 0.25) is 0 Å². The minimum atomic E-state index is 0. The molecule has 0 aliphatic rings. The molecule has 152 valence electrons. The molecule has 0 heterocycles. The highest BCUT2D eigenvalue weighted by Gasteiger charge is 2.17. The summed E-state index contributed by atoms with van der Waals surface area (Å²) in [6, 6.07) is 10.9. The highest BCUT2D eigenvalue weighted by Crippen LogP contribution is 2.19. The van der Waals surface area contributed by atoms with E-state index in [1.165, 1.54) is 102 Å². The summed E-state index contributed by atoms with van der Waals surface area (Å²) < 4.78 is 1.01. The maximum atomic E-state index is 2.33. The Bertz CT molecular complexity index is 402. The first-order chi connectivity index (χ1) is 12.2. The Morgan fingerprint density at radius 1 is 0.577 bits per heavy atom. The Morgan fingerprint density at radius 2 is 0.962 bits per heavy atom. The van der Waals surface area contributed by atoms with Gasteiger partial charge in [-0.1, -0.05) is 102 Å². The molecular formula is C24H44BrN. The molecule has 0 aliphatic carbocycles. The number of para-hydroxylation sites is 1. The van der Waals surface area contributed by atoms with Gasteiger partial charge in [-0.15, -0.1) is 0 Å². The molecule has 0 saturated carbocycles. The Morgan fingerprint density at radius 3 is 1.38 bits per heavy atom. The number of benzene rings is 1. The zero-order valence-electron chi connectivity index (χ0n) is 17.8. The summed E-state index contributed by atoms with van der Waals surface area (Å²) in [7, 11) is 4.66. The molecule has 0 amide bonds. The molecule has 2 heteroatoms. The fraction of sp³-hybridized carbons (Fsp3) is 0.750. The topological polar surface area (TPSA) is 0 Å². The van der Waals surface area contributed by atoms with Gasteiger partial charge in [0.1, 0.15) is 5.69 Å². The summed E-state index contributed by atoms with van der Waals surface area (Å²) in [5, 5.41) is 0. The summed E-state index contributed by atoms with van der Waals surface area (Å²) in [6.45, 7) is 3.55. The van der Waals surface area contributed by atoms with E-state index >= 15 is 0 Å². The molecule has 0 aromatic heterocycles. The molecule has 26 heavy (non-hydrogen) atoms. The van der Waals surface area contributed by atoms with E-state index in [1.807, 2.05) is 0 Å². The molecule has 0 N–H and O–H groups in total. The number of rotatable bonds is 16. The first kappa shape index (κ1) is 25.7. The van der Waals surface area contributed by atoms with Crippen LogP contribution in [0.4, 0.5) is 5.69 Å². The normalized spacial score (nSPS) is 11.3. The van der Waals surface area contributed by atoms with Gasteiger partial charge in [-0.05, 0) is 25.0 Å². The largest absolute Gasteiger partial charge is 1.00 e. The predicted octanol–water partition coefficient (Wildman–Crippen LogP) is 4.74. The molecule has 0 saturated heterocycles. The monoisotopic (exact) mass is 425 g/mol. The van der Waals surface area contributed by atoms with Crippen molar-refractivity contribution in [1.82, 2.24) is 4.48 Å². The summed E-state index contributed by atoms with van der Waals surface area (Å²) >= 11 is 0. The van der Waals surface area contributed by atoms with E-state index in [9.17, 15) is 0 Å². The van der Waals surface area contributed by atoms with Crippen molar-refractivity contribution >= 4 is 5.69 Å². The fourth-order valence-corrected chi connectivity index (χ4v) is 3.66. The summed E-state index contributed by atoms with van der Waals surface area (Å²) in [6.07, 6.45) is 20.1. The van der Waals surface area contributed by atoms with Crippen LogP contribution in [0.15, 0.2) is 30.3 Å². The minimum absolute atomic E-state index is 0. The SMILES string of the molecule is CCCCCCCCCCCCCCCC[N+](C)(C)c1ccccc1.[Br-]. The van der Waals surface area contributed by atoms with E-state index in [4.69, 9.17) is 0 Å². The number of halogens is 1. The lowest BCUT2D eigenvalue weighted by molar-refractivity contribution is -0.00000560. The first-order valence-corrected chi connectivity index (χ1v) is 11.1. The van der Waals surface area contributed by atoms with Crippen molar-refractivity contribution in [2.45, 2.75) is 96.8 Å². The smallest absolute Gasteiger partial charge is 0.132 e. The van der Waals surface area contributed by atoms with E-state index < -0.39 is 0 Å². The lowest BCUT2D eigenvalue weighted by Gasteiger charge is -2.29. The van der Waals surface area contributed by atoms with Crippen molar-refractivity contribution in [3.63, 3.8) is 0 Å². The van der Waals surface area contributed by atoms with Crippen molar-refractivity contribution in [3.05, 3.63) is 30.3 Å². The molecule has 1 aromatic rings. The summed E-state index contributed by atoms with van der Waals surface area (Å²) in [5.74, 6) is 0. The van der Waals surface area contributed by atoms with Crippen LogP contribution in [-0.4, -0.2) is 20.6 Å². The fourth-order valence-electron chi connectivity index (χ4n) is 3.66. The van der Waals surface area contributed by atoms with Crippen molar-refractivity contribution in [2.75, 3.05) is 20.6 Å². The van der Waals surface area contributed by atoms with Crippen LogP contribution >= 0.6 is 0 Å². The molecule has 0 radical (unpaired) electrons. The second kappa shape index (κ2) is 16.8. The van der Waals surface area contributed by atoms with Crippen LogP contribution < -0.4 is 21.5 Å². The van der Waals surface area contributed by atoms with Crippen LogP contribution in [0.3, 0.4) is 0 Å². The van der Waals surface area contributed by atoms with Gasteiger partial charge in [0.05, 0.1) is 20.6 Å². The predicted molar refractivity (Wildman–Crippen MR) is 115 cm³/mol. The molecule has 0 spiro atoms. The van der Waals surface area contributed by atoms with E-state index in [2.05, 4.69) is 51.4 Å². The van der Waals surface area contributed by atoms with Crippen molar-refractivity contribution in [3.8, 4) is 0 Å². The summed E-state index contributed by atoms with van der Waals surface area (Å²) in [4.78, 5) is 0. The number of quaternary nitrogens is 1. The summed E-state index contributed by atoms with van der Waals surface area (Å²) in [5.41, 5.74) is 1.43. The molecule has 0 unspecified atom stereocenters. The number of unbranched alkanes of at least 4 members (excludes halogenated alkanes) is 13. The molecular weight excluding hydrogens is 382 g/mol. The molecule has 0 fully saturated rings. The van der Waals surface area contributed by atoms with Crippen LogP contribution in [0, 0.1) is 0 Å².